The van der Waals surface area contributed by atoms with Crippen LogP contribution in [0.25, 0.3) is 0 Å². The van der Waals surface area contributed by atoms with Crippen LogP contribution in [-0.4, -0.2) is 0 Å². The van der Waals surface area contributed by atoms with Crippen LogP contribution in [0.3, 0.4) is 0 Å². The van der Waals surface area contributed by atoms with E-state index in [1.807, 2.05) is 11.8 Å². The maximum Gasteiger partial charge on any atom is 0.0326 e. The SMILES string of the molecule is CCCC(C)CCCC(C)CCC[C](C)Sc1ccccc1. The first kappa shape index (κ1) is 19.6. The van der Waals surface area contributed by atoms with Gasteiger partial charge in [-0.3, -0.25) is 0 Å². The molecule has 0 aliphatic rings. The summed E-state index contributed by atoms with van der Waals surface area (Å²) in [4.78, 5) is 1.37. The predicted molar refractivity (Wildman–Crippen MR) is 102 cm³/mol. The smallest absolute Gasteiger partial charge is 0.0326 e. The molecular formula is C21H35S. The fourth-order valence-electron chi connectivity index (χ4n) is 3.04. The van der Waals surface area contributed by atoms with Crippen molar-refractivity contribution in [2.24, 2.45) is 11.8 Å². The summed E-state index contributed by atoms with van der Waals surface area (Å²) in [6.07, 6.45) is 11.0. The van der Waals surface area contributed by atoms with Crippen LogP contribution < -0.4 is 0 Å². The standard InChI is InChI=1S/C21H35S/c1-5-11-18(2)12-9-13-19(3)14-10-15-20(4)22-21-16-7-6-8-17-21/h6-8,16-19H,5,9-15H2,1-4H3. The first-order valence-electron chi connectivity index (χ1n) is 9.17. The molecule has 0 aliphatic heterocycles. The maximum atomic E-state index is 2.43. The largest absolute Gasteiger partial charge is 0.118 e. The Balaban J connectivity index is 2.05. The van der Waals surface area contributed by atoms with E-state index in [9.17, 15) is 0 Å². The molecule has 0 amide bonds. The van der Waals surface area contributed by atoms with Gasteiger partial charge in [-0.15, -0.1) is 11.8 Å². The molecule has 0 saturated heterocycles. The van der Waals surface area contributed by atoms with E-state index in [1.54, 1.807) is 5.25 Å². The Morgan fingerprint density at radius 2 is 1.50 bits per heavy atom. The maximum absolute atomic E-state index is 2.43. The van der Waals surface area contributed by atoms with Gasteiger partial charge in [-0.1, -0.05) is 83.9 Å². The van der Waals surface area contributed by atoms with Gasteiger partial charge in [0.05, 0.1) is 0 Å². The van der Waals surface area contributed by atoms with Gasteiger partial charge in [-0.25, -0.2) is 0 Å². The lowest BCUT2D eigenvalue weighted by Gasteiger charge is -2.15. The average Bonchev–Trinajstić information content (AvgIpc) is 2.48. The van der Waals surface area contributed by atoms with Gasteiger partial charge in [0.15, 0.2) is 0 Å². The summed E-state index contributed by atoms with van der Waals surface area (Å²) >= 11 is 1.94. The minimum absolute atomic E-state index is 0.892. The van der Waals surface area contributed by atoms with E-state index in [4.69, 9.17) is 0 Å². The quantitative estimate of drug-likeness (QED) is 0.355. The number of hydrogen-bond acceptors (Lipinski definition) is 1. The summed E-state index contributed by atoms with van der Waals surface area (Å²) in [5, 5.41) is 1.55. The molecule has 1 rings (SSSR count). The summed E-state index contributed by atoms with van der Waals surface area (Å²) in [6, 6.07) is 10.7. The average molecular weight is 320 g/mol. The number of hydrogen-bond donors (Lipinski definition) is 0. The Morgan fingerprint density at radius 1 is 0.909 bits per heavy atom. The van der Waals surface area contributed by atoms with Crippen LogP contribution in [0.5, 0.6) is 0 Å². The Hall–Kier alpha value is -0.430. The van der Waals surface area contributed by atoms with Crippen molar-refractivity contribution >= 4 is 11.8 Å². The Bertz CT molecular complexity index is 359. The Kier molecular flexibility index (Phi) is 10.7. The molecule has 22 heavy (non-hydrogen) atoms. The van der Waals surface area contributed by atoms with E-state index in [0.29, 0.717) is 0 Å². The highest BCUT2D eigenvalue weighted by Crippen LogP contribution is 2.32. The van der Waals surface area contributed by atoms with Gasteiger partial charge in [-0.05, 0) is 37.3 Å². The van der Waals surface area contributed by atoms with Crippen LogP contribution >= 0.6 is 11.8 Å². The second-order valence-corrected chi connectivity index (χ2v) is 8.31. The molecule has 1 radical (unpaired) electrons. The summed E-state index contributed by atoms with van der Waals surface area (Å²) in [6.45, 7) is 9.43. The Labute approximate surface area is 143 Å². The van der Waals surface area contributed by atoms with E-state index in [1.165, 1.54) is 56.3 Å². The lowest BCUT2D eigenvalue weighted by atomic mass is 9.93. The van der Waals surface area contributed by atoms with E-state index in [0.717, 1.165) is 11.8 Å². The third-order valence-corrected chi connectivity index (χ3v) is 5.50. The van der Waals surface area contributed by atoms with Gasteiger partial charge in [0.1, 0.15) is 0 Å². The number of thioether (sulfide) groups is 1. The van der Waals surface area contributed by atoms with Crippen LogP contribution in [0.15, 0.2) is 35.2 Å². The van der Waals surface area contributed by atoms with Crippen LogP contribution in [0, 0.1) is 17.1 Å². The Morgan fingerprint density at radius 3 is 2.14 bits per heavy atom. The monoisotopic (exact) mass is 319 g/mol. The molecule has 0 fully saturated rings. The van der Waals surface area contributed by atoms with Gasteiger partial charge in [0, 0.05) is 10.1 Å². The molecule has 2 unspecified atom stereocenters. The van der Waals surface area contributed by atoms with Crippen LogP contribution in [0.2, 0.25) is 0 Å². The fraction of sp³-hybridized carbons (Fsp3) is 0.667. The molecule has 0 bridgehead atoms. The molecule has 0 nitrogen and oxygen atoms in total. The summed E-state index contributed by atoms with van der Waals surface area (Å²) in [5.41, 5.74) is 0. The van der Waals surface area contributed by atoms with E-state index < -0.39 is 0 Å². The molecule has 0 aliphatic carbocycles. The zero-order valence-electron chi connectivity index (χ0n) is 15.1. The minimum atomic E-state index is 0.892. The number of benzene rings is 1. The van der Waals surface area contributed by atoms with Crippen molar-refractivity contribution in [1.29, 1.82) is 0 Å². The molecule has 0 heterocycles. The third kappa shape index (κ3) is 9.56. The van der Waals surface area contributed by atoms with Gasteiger partial charge < -0.3 is 0 Å². The van der Waals surface area contributed by atoms with E-state index in [-0.39, 0.29) is 0 Å². The van der Waals surface area contributed by atoms with Gasteiger partial charge in [-0.2, -0.15) is 0 Å². The topological polar surface area (TPSA) is 0 Å². The zero-order chi connectivity index (χ0) is 16.2. The number of rotatable bonds is 12. The van der Waals surface area contributed by atoms with E-state index in [2.05, 4.69) is 58.0 Å². The summed E-state index contributed by atoms with van der Waals surface area (Å²) in [7, 11) is 0. The molecular weight excluding hydrogens is 284 g/mol. The van der Waals surface area contributed by atoms with Crippen molar-refractivity contribution in [1.82, 2.24) is 0 Å². The van der Waals surface area contributed by atoms with Crippen LogP contribution in [0.1, 0.15) is 79.1 Å². The molecule has 1 heteroatoms. The summed E-state index contributed by atoms with van der Waals surface area (Å²) in [5.74, 6) is 1.82. The van der Waals surface area contributed by atoms with Crippen LogP contribution in [-0.2, 0) is 0 Å². The molecule has 0 spiro atoms. The highest BCUT2D eigenvalue weighted by atomic mass is 32.2. The first-order valence-corrected chi connectivity index (χ1v) is 9.98. The highest BCUT2D eigenvalue weighted by molar-refractivity contribution is 8.02. The van der Waals surface area contributed by atoms with Gasteiger partial charge in [0.25, 0.3) is 0 Å². The lowest BCUT2D eigenvalue weighted by molar-refractivity contribution is 0.403. The van der Waals surface area contributed by atoms with Crippen molar-refractivity contribution < 1.29 is 0 Å². The van der Waals surface area contributed by atoms with Crippen LogP contribution in [0.4, 0.5) is 0 Å². The molecule has 0 saturated carbocycles. The van der Waals surface area contributed by atoms with Crippen molar-refractivity contribution in [3.05, 3.63) is 35.6 Å². The van der Waals surface area contributed by atoms with Crippen molar-refractivity contribution in [2.45, 2.75) is 84.0 Å². The molecule has 1 aromatic carbocycles. The molecule has 125 valence electrons. The van der Waals surface area contributed by atoms with Crippen molar-refractivity contribution in [3.8, 4) is 0 Å². The van der Waals surface area contributed by atoms with E-state index >= 15 is 0 Å². The minimum Gasteiger partial charge on any atom is -0.118 e. The first-order chi connectivity index (χ1) is 10.6. The molecule has 2 atom stereocenters. The molecule has 0 aromatic heterocycles. The van der Waals surface area contributed by atoms with Gasteiger partial charge >= 0.3 is 0 Å². The normalized spacial score (nSPS) is 14.2. The highest BCUT2D eigenvalue weighted by Gasteiger charge is 2.08. The molecule has 1 aromatic rings. The van der Waals surface area contributed by atoms with Gasteiger partial charge in [0.2, 0.25) is 0 Å². The second kappa shape index (κ2) is 12.0. The third-order valence-electron chi connectivity index (χ3n) is 4.44. The predicted octanol–water partition coefficient (Wildman–Crippen LogP) is 7.74. The fourth-order valence-corrected chi connectivity index (χ4v) is 3.98. The molecule has 0 N–H and O–H groups in total. The summed E-state index contributed by atoms with van der Waals surface area (Å²) < 4.78 is 0. The van der Waals surface area contributed by atoms with Crippen molar-refractivity contribution in [3.63, 3.8) is 0 Å². The second-order valence-electron chi connectivity index (χ2n) is 6.94. The van der Waals surface area contributed by atoms with Crippen molar-refractivity contribution in [2.75, 3.05) is 0 Å². The lowest BCUT2D eigenvalue weighted by Crippen LogP contribution is -1.99. The zero-order valence-corrected chi connectivity index (χ0v) is 15.9.